The Morgan fingerprint density at radius 3 is 2.76 bits per heavy atom. The molecule has 0 aliphatic carbocycles. The highest BCUT2D eigenvalue weighted by Gasteiger charge is 2.55. The third-order valence-corrected chi connectivity index (χ3v) is 3.92. The average molecular weight is 289 g/mol. The number of amidine groups is 1. The molecule has 2 aliphatic heterocycles. The lowest BCUT2D eigenvalue weighted by atomic mass is 10.1. The molecule has 1 atom stereocenters. The number of carbonyl (C=O) groups is 2. The first-order chi connectivity index (χ1) is 9.97. The maximum Gasteiger partial charge on any atom is 0.507 e. The minimum absolute atomic E-state index is 0.258. The summed E-state index contributed by atoms with van der Waals surface area (Å²) in [6.45, 7) is 5.81. The van der Waals surface area contributed by atoms with Crippen molar-refractivity contribution in [3.05, 3.63) is 23.6 Å². The Balaban J connectivity index is 2.08. The third-order valence-electron chi connectivity index (χ3n) is 3.92. The van der Waals surface area contributed by atoms with Crippen LogP contribution in [0.25, 0.3) is 0 Å². The van der Waals surface area contributed by atoms with E-state index in [-0.39, 0.29) is 18.5 Å². The number of allylic oxidation sites excluding steroid dienone is 1. The van der Waals surface area contributed by atoms with Crippen molar-refractivity contribution in [2.24, 2.45) is 4.99 Å². The Bertz CT molecular complexity index is 701. The van der Waals surface area contributed by atoms with E-state index in [0.29, 0.717) is 11.9 Å². The Hall–Kier alpha value is -2.44. The van der Waals surface area contributed by atoms with Crippen molar-refractivity contribution in [2.45, 2.75) is 26.8 Å². The first-order valence-electron chi connectivity index (χ1n) is 6.77. The zero-order valence-corrected chi connectivity index (χ0v) is 12.5. The van der Waals surface area contributed by atoms with Crippen LogP contribution in [0, 0.1) is 13.8 Å². The Morgan fingerprint density at radius 1 is 1.38 bits per heavy atom. The van der Waals surface area contributed by atoms with Gasteiger partial charge < -0.3 is 4.42 Å². The summed E-state index contributed by atoms with van der Waals surface area (Å²) >= 11 is 0. The summed E-state index contributed by atoms with van der Waals surface area (Å²) in [5.41, 5.74) is 0.843. The van der Waals surface area contributed by atoms with Crippen LogP contribution in [0.15, 0.2) is 21.6 Å². The monoisotopic (exact) mass is 289 g/mol. The summed E-state index contributed by atoms with van der Waals surface area (Å²) in [5, 5.41) is 0. The molecular formula is C14H17N4O3+. The third kappa shape index (κ3) is 1.73. The Kier molecular flexibility index (Phi) is 2.93. The van der Waals surface area contributed by atoms with E-state index in [1.807, 2.05) is 26.8 Å². The number of aliphatic imine (C=N–C) groups is 1. The van der Waals surface area contributed by atoms with Crippen molar-refractivity contribution >= 4 is 23.8 Å². The van der Waals surface area contributed by atoms with Crippen molar-refractivity contribution < 1.29 is 18.6 Å². The van der Waals surface area contributed by atoms with E-state index < -0.39 is 6.04 Å². The van der Waals surface area contributed by atoms with E-state index in [1.165, 1.54) is 9.80 Å². The standard InChI is InChI=1S/C14H17N4O3/c1-5-6-7-17-12(19)10-11(16(4)14(17)20)15-13-18(10)8(2)9(3)21-13/h5-6,10H,7H2,1-4H3/q+1/b6-5+. The number of urea groups is 1. The fourth-order valence-electron chi connectivity index (χ4n) is 2.61. The molecule has 110 valence electrons. The summed E-state index contributed by atoms with van der Waals surface area (Å²) in [6.07, 6.45) is 3.59. The van der Waals surface area contributed by atoms with Gasteiger partial charge in [-0.1, -0.05) is 12.2 Å². The molecule has 1 saturated heterocycles. The second-order valence-corrected chi connectivity index (χ2v) is 5.13. The van der Waals surface area contributed by atoms with Crippen LogP contribution in [-0.2, 0) is 4.79 Å². The molecule has 0 N–H and O–H groups in total. The first-order valence-corrected chi connectivity index (χ1v) is 6.77. The predicted octanol–water partition coefficient (Wildman–Crippen LogP) is 1.24. The van der Waals surface area contributed by atoms with E-state index in [2.05, 4.69) is 4.99 Å². The van der Waals surface area contributed by atoms with Crippen LogP contribution in [0.1, 0.15) is 24.4 Å². The van der Waals surface area contributed by atoms with E-state index in [4.69, 9.17) is 4.42 Å². The number of carbonyl (C=O) groups excluding carboxylic acids is 2. The van der Waals surface area contributed by atoms with Gasteiger partial charge in [0.15, 0.2) is 5.76 Å². The van der Waals surface area contributed by atoms with Gasteiger partial charge in [-0.25, -0.2) is 4.79 Å². The molecule has 0 radical (unpaired) electrons. The van der Waals surface area contributed by atoms with Crippen LogP contribution in [-0.4, -0.2) is 41.2 Å². The smallest absolute Gasteiger partial charge is 0.389 e. The zero-order chi connectivity index (χ0) is 15.3. The lowest BCUT2D eigenvalue weighted by Gasteiger charge is -2.31. The fraction of sp³-hybridized carbons (Fsp3) is 0.429. The van der Waals surface area contributed by atoms with E-state index in [0.717, 1.165) is 11.5 Å². The molecular weight excluding hydrogens is 272 g/mol. The number of likely N-dealkylation sites (N-methyl/N-ethyl adjacent to an activating group) is 1. The summed E-state index contributed by atoms with van der Waals surface area (Å²) in [6, 6.07) is -0.621. The molecule has 0 aromatic carbocycles. The van der Waals surface area contributed by atoms with Crippen molar-refractivity contribution in [1.29, 1.82) is 0 Å². The van der Waals surface area contributed by atoms with E-state index in [9.17, 15) is 9.59 Å². The quantitative estimate of drug-likeness (QED) is 0.607. The highest BCUT2D eigenvalue weighted by molar-refractivity contribution is 6.19. The van der Waals surface area contributed by atoms with Gasteiger partial charge in [-0.2, -0.15) is 4.57 Å². The lowest BCUT2D eigenvalue weighted by molar-refractivity contribution is -0.685. The molecule has 1 aromatic heterocycles. The summed E-state index contributed by atoms with van der Waals surface area (Å²) in [4.78, 5) is 31.9. The van der Waals surface area contributed by atoms with Gasteiger partial charge in [0.05, 0.1) is 0 Å². The highest BCUT2D eigenvalue weighted by Crippen LogP contribution is 2.30. The maximum atomic E-state index is 12.7. The van der Waals surface area contributed by atoms with E-state index in [1.54, 1.807) is 17.7 Å². The van der Waals surface area contributed by atoms with Crippen molar-refractivity contribution in [2.75, 3.05) is 13.6 Å². The number of hydrogen-bond acceptors (Lipinski definition) is 4. The van der Waals surface area contributed by atoms with Gasteiger partial charge in [-0.05, 0) is 13.8 Å². The second kappa shape index (κ2) is 4.54. The topological polar surface area (TPSA) is 70.0 Å². The molecule has 3 amide bonds. The van der Waals surface area contributed by atoms with Gasteiger partial charge in [0, 0.05) is 25.5 Å². The number of aromatic nitrogens is 1. The predicted molar refractivity (Wildman–Crippen MR) is 74.2 cm³/mol. The van der Waals surface area contributed by atoms with Crippen molar-refractivity contribution in [1.82, 2.24) is 9.80 Å². The van der Waals surface area contributed by atoms with Gasteiger partial charge in [-0.3, -0.25) is 14.6 Å². The van der Waals surface area contributed by atoms with Gasteiger partial charge in [-0.15, -0.1) is 0 Å². The van der Waals surface area contributed by atoms with Crippen LogP contribution < -0.4 is 4.57 Å². The largest absolute Gasteiger partial charge is 0.507 e. The molecule has 7 nitrogen and oxygen atoms in total. The second-order valence-electron chi connectivity index (χ2n) is 5.13. The molecule has 3 heterocycles. The van der Waals surface area contributed by atoms with Gasteiger partial charge in [0.25, 0.3) is 17.8 Å². The molecule has 0 saturated carbocycles. The molecule has 7 heteroatoms. The van der Waals surface area contributed by atoms with Crippen molar-refractivity contribution in [3.8, 4) is 0 Å². The SMILES string of the molecule is C/C=C/CN1C(=O)C2C(=Nc3oc(C)c(C)[n+]32)N(C)C1=O. The molecule has 1 fully saturated rings. The number of aryl methyl sites for hydroxylation is 1. The van der Waals surface area contributed by atoms with Crippen LogP contribution >= 0.6 is 0 Å². The summed E-state index contributed by atoms with van der Waals surface area (Å²) < 4.78 is 7.30. The van der Waals surface area contributed by atoms with Gasteiger partial charge in [0.2, 0.25) is 0 Å². The Labute approximate surface area is 122 Å². The number of amides is 3. The minimum atomic E-state index is -0.620. The van der Waals surface area contributed by atoms with Crippen LogP contribution in [0.5, 0.6) is 0 Å². The van der Waals surface area contributed by atoms with Gasteiger partial charge >= 0.3 is 12.0 Å². The van der Waals surface area contributed by atoms with Crippen LogP contribution in [0.3, 0.4) is 0 Å². The minimum Gasteiger partial charge on any atom is -0.389 e. The van der Waals surface area contributed by atoms with Crippen molar-refractivity contribution in [3.63, 3.8) is 0 Å². The van der Waals surface area contributed by atoms with Crippen LogP contribution in [0.2, 0.25) is 0 Å². The molecule has 1 unspecified atom stereocenters. The maximum absolute atomic E-state index is 12.7. The number of fused-ring (bicyclic) bond motifs is 3. The Morgan fingerprint density at radius 2 is 2.10 bits per heavy atom. The highest BCUT2D eigenvalue weighted by atomic mass is 16.4. The molecule has 0 bridgehead atoms. The normalized spacial score (nSPS) is 21.1. The molecule has 3 rings (SSSR count). The molecule has 1 aromatic rings. The molecule has 0 spiro atoms. The number of oxazole rings is 1. The first kappa shape index (κ1) is 13.5. The van der Waals surface area contributed by atoms with Gasteiger partial charge in [0.1, 0.15) is 5.69 Å². The summed E-state index contributed by atoms with van der Waals surface area (Å²) in [7, 11) is 1.62. The summed E-state index contributed by atoms with van der Waals surface area (Å²) in [5.74, 6) is 0.867. The number of hydrogen-bond donors (Lipinski definition) is 0. The fourth-order valence-corrected chi connectivity index (χ4v) is 2.61. The zero-order valence-electron chi connectivity index (χ0n) is 12.5. The van der Waals surface area contributed by atoms with Crippen LogP contribution in [0.4, 0.5) is 10.8 Å². The lowest BCUT2D eigenvalue weighted by Crippen LogP contribution is -2.63. The number of imide groups is 1. The van der Waals surface area contributed by atoms with E-state index >= 15 is 0 Å². The number of rotatable bonds is 2. The number of nitrogens with zero attached hydrogens (tertiary/aromatic N) is 4. The molecule has 21 heavy (non-hydrogen) atoms. The molecule has 2 aliphatic rings. The average Bonchev–Trinajstić information content (AvgIpc) is 2.95.